The van der Waals surface area contributed by atoms with Gasteiger partial charge in [0.25, 0.3) is 0 Å². The molecule has 1 fully saturated rings. The number of benzene rings is 1. The summed E-state index contributed by atoms with van der Waals surface area (Å²) >= 11 is 0. The van der Waals surface area contributed by atoms with Crippen LogP contribution in [0.4, 0.5) is 5.69 Å². The summed E-state index contributed by atoms with van der Waals surface area (Å²) in [6, 6.07) is 6.59. The zero-order valence-electron chi connectivity index (χ0n) is 9.69. The monoisotopic (exact) mass is 235 g/mol. The number of ether oxygens (including phenoxy) is 1. The van der Waals surface area contributed by atoms with Crippen LogP contribution in [0.25, 0.3) is 0 Å². The zero-order valence-corrected chi connectivity index (χ0v) is 9.69. The molecule has 1 saturated carbocycles. The van der Waals surface area contributed by atoms with Crippen LogP contribution in [0.1, 0.15) is 25.7 Å². The molecule has 2 rings (SSSR count). The molecule has 0 saturated heterocycles. The van der Waals surface area contributed by atoms with Crippen molar-refractivity contribution in [3.8, 4) is 5.75 Å². The van der Waals surface area contributed by atoms with E-state index in [1.54, 1.807) is 24.3 Å². The van der Waals surface area contributed by atoms with Crippen LogP contribution in [0.15, 0.2) is 24.3 Å². The molecule has 0 unspecified atom stereocenters. The number of aromatic hydroxyl groups is 1. The molecule has 0 amide bonds. The first-order valence-electron chi connectivity index (χ1n) is 5.96. The molecule has 1 aromatic rings. The van der Waals surface area contributed by atoms with Crippen LogP contribution in [0, 0.1) is 0 Å². The van der Waals surface area contributed by atoms with E-state index in [-0.39, 0.29) is 24.4 Å². The van der Waals surface area contributed by atoms with Crippen molar-refractivity contribution in [2.75, 3.05) is 11.9 Å². The molecule has 0 aromatic heterocycles. The summed E-state index contributed by atoms with van der Waals surface area (Å²) in [5.74, 6) is -0.00550. The van der Waals surface area contributed by atoms with Gasteiger partial charge in [0.05, 0.1) is 0 Å². The van der Waals surface area contributed by atoms with Crippen molar-refractivity contribution in [1.82, 2.24) is 0 Å². The molecule has 0 bridgehead atoms. The Bertz CT molecular complexity index is 369. The number of nitrogens with one attached hydrogen (secondary N) is 1. The number of carbonyl (C=O) groups is 1. The summed E-state index contributed by atoms with van der Waals surface area (Å²) < 4.78 is 5.31. The minimum absolute atomic E-state index is 0.115. The first-order valence-corrected chi connectivity index (χ1v) is 5.96. The number of hydrogen-bond donors (Lipinski definition) is 2. The Kier molecular flexibility index (Phi) is 3.85. The maximum atomic E-state index is 11.5. The molecule has 1 aliphatic rings. The molecule has 4 nitrogen and oxygen atoms in total. The highest BCUT2D eigenvalue weighted by molar-refractivity contribution is 5.75. The van der Waals surface area contributed by atoms with Crippen LogP contribution >= 0.6 is 0 Å². The molecule has 0 aliphatic heterocycles. The van der Waals surface area contributed by atoms with E-state index in [0.29, 0.717) is 0 Å². The Balaban J connectivity index is 1.73. The Hall–Kier alpha value is -1.71. The number of rotatable bonds is 4. The molecule has 4 heteroatoms. The van der Waals surface area contributed by atoms with Gasteiger partial charge in [0.2, 0.25) is 0 Å². The van der Waals surface area contributed by atoms with Gasteiger partial charge in [-0.25, -0.2) is 0 Å². The van der Waals surface area contributed by atoms with Crippen molar-refractivity contribution < 1.29 is 14.6 Å². The molecule has 0 atom stereocenters. The topological polar surface area (TPSA) is 58.6 Å². The fourth-order valence-corrected chi connectivity index (χ4v) is 1.99. The summed E-state index contributed by atoms with van der Waals surface area (Å²) in [6.07, 6.45) is 4.41. The number of anilines is 1. The molecule has 1 aliphatic carbocycles. The molecular formula is C13H17NO3. The zero-order chi connectivity index (χ0) is 12.1. The highest BCUT2D eigenvalue weighted by Crippen LogP contribution is 2.21. The van der Waals surface area contributed by atoms with Gasteiger partial charge in [0, 0.05) is 5.69 Å². The molecule has 2 N–H and O–H groups in total. The third kappa shape index (κ3) is 3.66. The lowest BCUT2D eigenvalue weighted by atomic mass is 10.3. The molecule has 17 heavy (non-hydrogen) atoms. The van der Waals surface area contributed by atoms with E-state index >= 15 is 0 Å². The summed E-state index contributed by atoms with van der Waals surface area (Å²) in [7, 11) is 0. The second-order valence-corrected chi connectivity index (χ2v) is 4.30. The third-order valence-electron chi connectivity index (χ3n) is 2.90. The molecule has 92 valence electrons. The number of esters is 1. The summed E-state index contributed by atoms with van der Waals surface area (Å²) in [6.45, 7) is 0.168. The molecule has 0 spiro atoms. The maximum Gasteiger partial charge on any atom is 0.325 e. The number of hydrogen-bond acceptors (Lipinski definition) is 4. The average molecular weight is 235 g/mol. The van der Waals surface area contributed by atoms with Gasteiger partial charge in [0.15, 0.2) is 0 Å². The Labute approximate surface area is 101 Å². The van der Waals surface area contributed by atoms with Crippen LogP contribution in [0.3, 0.4) is 0 Å². The number of phenolic OH excluding ortho intramolecular Hbond substituents is 1. The van der Waals surface area contributed by atoms with Crippen LogP contribution < -0.4 is 5.32 Å². The molecular weight excluding hydrogens is 218 g/mol. The van der Waals surface area contributed by atoms with Crippen molar-refractivity contribution in [2.24, 2.45) is 0 Å². The fraction of sp³-hybridized carbons (Fsp3) is 0.462. The van der Waals surface area contributed by atoms with Crippen molar-refractivity contribution in [2.45, 2.75) is 31.8 Å². The van der Waals surface area contributed by atoms with Crippen LogP contribution in [-0.4, -0.2) is 23.7 Å². The second-order valence-electron chi connectivity index (χ2n) is 4.30. The highest BCUT2D eigenvalue weighted by Gasteiger charge is 2.18. The fourth-order valence-electron chi connectivity index (χ4n) is 1.99. The normalized spacial score (nSPS) is 15.8. The Morgan fingerprint density at radius 1 is 1.29 bits per heavy atom. The van der Waals surface area contributed by atoms with E-state index in [0.717, 1.165) is 31.4 Å². The number of phenols is 1. The predicted octanol–water partition coefficient (Wildman–Crippen LogP) is 2.29. The smallest absolute Gasteiger partial charge is 0.325 e. The van der Waals surface area contributed by atoms with Gasteiger partial charge in [-0.1, -0.05) is 0 Å². The van der Waals surface area contributed by atoms with E-state index < -0.39 is 0 Å². The van der Waals surface area contributed by atoms with Crippen molar-refractivity contribution in [3.05, 3.63) is 24.3 Å². The lowest BCUT2D eigenvalue weighted by Crippen LogP contribution is -2.21. The first-order chi connectivity index (χ1) is 8.24. The first kappa shape index (κ1) is 11.8. The van der Waals surface area contributed by atoms with Crippen molar-refractivity contribution in [3.63, 3.8) is 0 Å². The lowest BCUT2D eigenvalue weighted by molar-refractivity contribution is -0.146. The Morgan fingerprint density at radius 3 is 2.59 bits per heavy atom. The minimum atomic E-state index is -0.218. The molecule has 1 aromatic carbocycles. The summed E-state index contributed by atoms with van der Waals surface area (Å²) in [5, 5.41) is 12.1. The van der Waals surface area contributed by atoms with Crippen LogP contribution in [0.5, 0.6) is 5.75 Å². The minimum Gasteiger partial charge on any atom is -0.508 e. The standard InChI is InChI=1S/C13H17NO3/c15-11-7-5-10(6-8-11)14-9-13(16)17-12-3-1-2-4-12/h5-8,12,14-15H,1-4,9H2. The van der Waals surface area contributed by atoms with Gasteiger partial charge in [-0.3, -0.25) is 4.79 Å². The SMILES string of the molecule is O=C(CNc1ccc(O)cc1)OC1CCCC1. The van der Waals surface area contributed by atoms with Crippen LogP contribution in [0.2, 0.25) is 0 Å². The highest BCUT2D eigenvalue weighted by atomic mass is 16.5. The summed E-state index contributed by atoms with van der Waals surface area (Å²) in [4.78, 5) is 11.5. The lowest BCUT2D eigenvalue weighted by Gasteiger charge is -2.12. The number of carbonyl (C=O) groups excluding carboxylic acids is 1. The van der Waals surface area contributed by atoms with Gasteiger partial charge < -0.3 is 15.2 Å². The quantitative estimate of drug-likeness (QED) is 0.621. The van der Waals surface area contributed by atoms with Gasteiger partial charge in [0.1, 0.15) is 18.4 Å². The molecule has 0 radical (unpaired) electrons. The maximum absolute atomic E-state index is 11.5. The van der Waals surface area contributed by atoms with Gasteiger partial charge in [-0.2, -0.15) is 0 Å². The van der Waals surface area contributed by atoms with E-state index in [2.05, 4.69) is 5.32 Å². The third-order valence-corrected chi connectivity index (χ3v) is 2.90. The van der Waals surface area contributed by atoms with E-state index in [4.69, 9.17) is 9.84 Å². The summed E-state index contributed by atoms with van der Waals surface area (Å²) in [5.41, 5.74) is 0.797. The van der Waals surface area contributed by atoms with Gasteiger partial charge in [-0.15, -0.1) is 0 Å². The Morgan fingerprint density at radius 2 is 1.94 bits per heavy atom. The second kappa shape index (κ2) is 5.57. The van der Waals surface area contributed by atoms with Gasteiger partial charge in [-0.05, 0) is 49.9 Å². The van der Waals surface area contributed by atoms with Crippen LogP contribution in [-0.2, 0) is 9.53 Å². The van der Waals surface area contributed by atoms with Crippen molar-refractivity contribution in [1.29, 1.82) is 0 Å². The van der Waals surface area contributed by atoms with E-state index in [9.17, 15) is 4.79 Å². The largest absolute Gasteiger partial charge is 0.508 e. The molecule has 0 heterocycles. The van der Waals surface area contributed by atoms with Gasteiger partial charge >= 0.3 is 5.97 Å². The average Bonchev–Trinajstić information content (AvgIpc) is 2.81. The predicted molar refractivity (Wildman–Crippen MR) is 64.9 cm³/mol. The van der Waals surface area contributed by atoms with E-state index in [1.807, 2.05) is 0 Å². The van der Waals surface area contributed by atoms with E-state index in [1.165, 1.54) is 0 Å². The van der Waals surface area contributed by atoms with Crippen molar-refractivity contribution >= 4 is 11.7 Å².